The molecule has 2 rings (SSSR count). The van der Waals surface area contributed by atoms with Gasteiger partial charge in [0.15, 0.2) is 5.16 Å². The molecule has 0 aromatic carbocycles. The van der Waals surface area contributed by atoms with Crippen LogP contribution >= 0.6 is 11.8 Å². The van der Waals surface area contributed by atoms with Crippen LogP contribution in [0.1, 0.15) is 20.3 Å². The Morgan fingerprint density at radius 2 is 2.53 bits per heavy atom. The van der Waals surface area contributed by atoms with Crippen molar-refractivity contribution in [2.45, 2.75) is 43.3 Å². The Balaban J connectivity index is 2.06. The molecule has 1 aliphatic rings. The van der Waals surface area contributed by atoms with Gasteiger partial charge in [-0.3, -0.25) is 4.79 Å². The summed E-state index contributed by atoms with van der Waals surface area (Å²) in [6, 6.07) is 0. The quantitative estimate of drug-likeness (QED) is 0.736. The van der Waals surface area contributed by atoms with Crippen LogP contribution in [0.25, 0.3) is 0 Å². The van der Waals surface area contributed by atoms with Crippen molar-refractivity contribution in [3.05, 3.63) is 12.4 Å². The van der Waals surface area contributed by atoms with Gasteiger partial charge in [-0.2, -0.15) is 0 Å². The number of esters is 1. The Hall–Kier alpha value is -0.970. The summed E-state index contributed by atoms with van der Waals surface area (Å²) >= 11 is 1.50. The van der Waals surface area contributed by atoms with Crippen LogP contribution in [0.4, 0.5) is 0 Å². The lowest BCUT2D eigenvalue weighted by atomic mass is 10.3. The van der Waals surface area contributed by atoms with E-state index in [9.17, 15) is 4.79 Å². The van der Waals surface area contributed by atoms with E-state index in [4.69, 9.17) is 4.74 Å². The molecule has 0 amide bonds. The van der Waals surface area contributed by atoms with Crippen molar-refractivity contribution in [1.82, 2.24) is 9.55 Å². The summed E-state index contributed by atoms with van der Waals surface area (Å²) in [5, 5.41) is 0.807. The van der Waals surface area contributed by atoms with Crippen LogP contribution in [0.5, 0.6) is 0 Å². The number of hydrogen-bond donors (Lipinski definition) is 0. The summed E-state index contributed by atoms with van der Waals surface area (Å²) in [5.41, 5.74) is 0. The van der Waals surface area contributed by atoms with Crippen molar-refractivity contribution in [3.8, 4) is 0 Å². The van der Waals surface area contributed by atoms with Crippen molar-refractivity contribution in [1.29, 1.82) is 0 Å². The standard InChI is InChI=1S/C10H14N2O2S/c1-3-12-5-4-11-10(12)15-8-6-7(2)14-9(8)13/h4-5,7-8H,3,6H2,1-2H3/t7-,8+/m0/s1. The van der Waals surface area contributed by atoms with E-state index in [0.717, 1.165) is 18.1 Å². The fourth-order valence-corrected chi connectivity index (χ4v) is 2.82. The van der Waals surface area contributed by atoms with Crippen LogP contribution in [0.3, 0.4) is 0 Å². The van der Waals surface area contributed by atoms with E-state index in [1.807, 2.05) is 17.7 Å². The van der Waals surface area contributed by atoms with Gasteiger partial charge in [0, 0.05) is 25.4 Å². The number of carbonyl (C=O) groups is 1. The average Bonchev–Trinajstić information content (AvgIpc) is 2.74. The summed E-state index contributed by atoms with van der Waals surface area (Å²) in [6.45, 7) is 4.85. The number of aromatic nitrogens is 2. The van der Waals surface area contributed by atoms with Gasteiger partial charge >= 0.3 is 5.97 Å². The SMILES string of the molecule is CCn1ccnc1S[C@@H]1C[C@H](C)OC1=O. The van der Waals surface area contributed by atoms with Crippen LogP contribution in [-0.2, 0) is 16.1 Å². The molecule has 0 spiro atoms. The third-order valence-electron chi connectivity index (χ3n) is 2.39. The number of rotatable bonds is 3. The molecule has 15 heavy (non-hydrogen) atoms. The molecule has 82 valence electrons. The monoisotopic (exact) mass is 226 g/mol. The Kier molecular flexibility index (Phi) is 3.00. The van der Waals surface area contributed by atoms with Crippen LogP contribution in [0, 0.1) is 0 Å². The first kappa shape index (κ1) is 10.5. The number of imidazole rings is 1. The van der Waals surface area contributed by atoms with Gasteiger partial charge in [-0.05, 0) is 13.8 Å². The number of aryl methyl sites for hydroxylation is 1. The lowest BCUT2D eigenvalue weighted by Crippen LogP contribution is -2.11. The molecule has 1 aromatic rings. The molecular weight excluding hydrogens is 212 g/mol. The van der Waals surface area contributed by atoms with Crippen LogP contribution in [-0.4, -0.2) is 26.9 Å². The topological polar surface area (TPSA) is 44.1 Å². The number of nitrogens with zero attached hydrogens (tertiary/aromatic N) is 2. The van der Waals surface area contributed by atoms with Gasteiger partial charge in [0.1, 0.15) is 11.4 Å². The summed E-state index contributed by atoms with van der Waals surface area (Å²) in [7, 11) is 0. The number of ether oxygens (including phenoxy) is 1. The third kappa shape index (κ3) is 2.17. The molecule has 1 aliphatic heterocycles. The molecule has 0 aliphatic carbocycles. The lowest BCUT2D eigenvalue weighted by molar-refractivity contribution is -0.140. The van der Waals surface area contributed by atoms with Gasteiger partial charge in [-0.15, -0.1) is 0 Å². The maximum Gasteiger partial charge on any atom is 0.319 e. The van der Waals surface area contributed by atoms with E-state index in [2.05, 4.69) is 11.9 Å². The molecule has 0 bridgehead atoms. The Morgan fingerprint density at radius 3 is 3.13 bits per heavy atom. The predicted octanol–water partition coefficient (Wildman–Crippen LogP) is 1.70. The van der Waals surface area contributed by atoms with Gasteiger partial charge in [-0.25, -0.2) is 4.98 Å². The highest BCUT2D eigenvalue weighted by Crippen LogP contribution is 2.30. The second-order valence-electron chi connectivity index (χ2n) is 3.59. The highest BCUT2D eigenvalue weighted by molar-refractivity contribution is 8.00. The summed E-state index contributed by atoms with van der Waals surface area (Å²) in [5.74, 6) is -0.113. The predicted molar refractivity (Wildman–Crippen MR) is 57.7 cm³/mol. The van der Waals surface area contributed by atoms with E-state index >= 15 is 0 Å². The molecule has 5 heteroatoms. The molecule has 0 saturated carbocycles. The van der Waals surface area contributed by atoms with E-state index in [1.54, 1.807) is 6.20 Å². The molecule has 0 unspecified atom stereocenters. The Bertz CT molecular complexity index is 364. The van der Waals surface area contributed by atoms with E-state index in [0.29, 0.717) is 0 Å². The summed E-state index contributed by atoms with van der Waals surface area (Å²) < 4.78 is 7.13. The first-order valence-electron chi connectivity index (χ1n) is 5.09. The zero-order valence-electron chi connectivity index (χ0n) is 8.84. The van der Waals surface area contributed by atoms with Crippen LogP contribution in [0.15, 0.2) is 17.6 Å². The molecule has 2 atom stereocenters. The van der Waals surface area contributed by atoms with Crippen LogP contribution < -0.4 is 0 Å². The van der Waals surface area contributed by atoms with Crippen molar-refractivity contribution in [2.24, 2.45) is 0 Å². The molecule has 1 aromatic heterocycles. The number of hydrogen-bond acceptors (Lipinski definition) is 4. The summed E-state index contributed by atoms with van der Waals surface area (Å²) in [4.78, 5) is 15.7. The van der Waals surface area contributed by atoms with E-state index in [-0.39, 0.29) is 17.3 Å². The molecule has 2 heterocycles. The minimum absolute atomic E-state index is 0.0417. The van der Waals surface area contributed by atoms with Crippen molar-refractivity contribution in [3.63, 3.8) is 0 Å². The minimum Gasteiger partial charge on any atom is -0.462 e. The van der Waals surface area contributed by atoms with Gasteiger partial charge < -0.3 is 9.30 Å². The van der Waals surface area contributed by atoms with Gasteiger partial charge in [-0.1, -0.05) is 11.8 Å². The molecule has 0 radical (unpaired) electrons. The average molecular weight is 226 g/mol. The van der Waals surface area contributed by atoms with Crippen molar-refractivity contribution in [2.75, 3.05) is 0 Å². The molecular formula is C10H14N2O2S. The van der Waals surface area contributed by atoms with E-state index in [1.165, 1.54) is 11.8 Å². The van der Waals surface area contributed by atoms with Crippen molar-refractivity contribution >= 4 is 17.7 Å². The largest absolute Gasteiger partial charge is 0.462 e. The van der Waals surface area contributed by atoms with Gasteiger partial charge in [0.25, 0.3) is 0 Å². The highest BCUT2D eigenvalue weighted by atomic mass is 32.2. The second-order valence-corrected chi connectivity index (χ2v) is 4.76. The lowest BCUT2D eigenvalue weighted by Gasteiger charge is -2.06. The van der Waals surface area contributed by atoms with Crippen molar-refractivity contribution < 1.29 is 9.53 Å². The molecule has 1 saturated heterocycles. The molecule has 4 nitrogen and oxygen atoms in total. The highest BCUT2D eigenvalue weighted by Gasteiger charge is 2.33. The third-order valence-corrected chi connectivity index (χ3v) is 3.61. The zero-order valence-corrected chi connectivity index (χ0v) is 9.66. The normalized spacial score (nSPS) is 25.6. The Morgan fingerprint density at radius 1 is 1.73 bits per heavy atom. The second kappa shape index (κ2) is 4.26. The number of cyclic esters (lactones) is 1. The smallest absolute Gasteiger partial charge is 0.319 e. The van der Waals surface area contributed by atoms with Gasteiger partial charge in [0.2, 0.25) is 0 Å². The van der Waals surface area contributed by atoms with Crippen LogP contribution in [0.2, 0.25) is 0 Å². The zero-order chi connectivity index (χ0) is 10.8. The minimum atomic E-state index is -0.113. The summed E-state index contributed by atoms with van der Waals surface area (Å²) in [6.07, 6.45) is 4.50. The first-order valence-corrected chi connectivity index (χ1v) is 5.97. The fourth-order valence-electron chi connectivity index (χ4n) is 1.60. The molecule has 0 N–H and O–H groups in total. The molecule has 1 fully saturated rings. The maximum absolute atomic E-state index is 11.4. The first-order chi connectivity index (χ1) is 7.20. The van der Waals surface area contributed by atoms with E-state index < -0.39 is 0 Å². The Labute approximate surface area is 93.0 Å². The maximum atomic E-state index is 11.4. The van der Waals surface area contributed by atoms with Gasteiger partial charge in [0.05, 0.1) is 0 Å². The number of thioether (sulfide) groups is 1. The number of carbonyl (C=O) groups excluding carboxylic acids is 1. The fraction of sp³-hybridized carbons (Fsp3) is 0.600.